The van der Waals surface area contributed by atoms with Gasteiger partial charge in [-0.2, -0.15) is 4.31 Å². The molecule has 5 nitrogen and oxygen atoms in total. The Morgan fingerprint density at radius 3 is 2.29 bits per heavy atom. The number of carbonyl (C=O) groups excluding carboxylic acids is 1. The number of rotatable bonds is 6. The second-order valence-corrected chi connectivity index (χ2v) is 8.86. The maximum atomic E-state index is 13.1. The minimum Gasteiger partial charge on any atom is -0.326 e. The molecule has 3 rings (SSSR count). The van der Waals surface area contributed by atoms with Crippen molar-refractivity contribution in [2.75, 3.05) is 18.4 Å². The monoisotopic (exact) mass is 408 g/mol. The summed E-state index contributed by atoms with van der Waals surface area (Å²) in [6.07, 6.45) is 2.37. The number of anilines is 1. The van der Waals surface area contributed by atoms with Crippen LogP contribution in [0, 0.1) is 17.6 Å². The van der Waals surface area contributed by atoms with Crippen molar-refractivity contribution in [3.63, 3.8) is 0 Å². The maximum absolute atomic E-state index is 13.1. The molecule has 150 valence electrons. The first kappa shape index (κ1) is 20.4. The van der Waals surface area contributed by atoms with Crippen molar-refractivity contribution in [2.24, 2.45) is 5.92 Å². The number of benzene rings is 2. The fourth-order valence-corrected chi connectivity index (χ4v) is 4.88. The number of hydrogen-bond acceptors (Lipinski definition) is 3. The van der Waals surface area contributed by atoms with Crippen LogP contribution in [0.4, 0.5) is 14.5 Å². The molecule has 1 fully saturated rings. The number of nitrogens with one attached hydrogen (secondary N) is 1. The van der Waals surface area contributed by atoms with Crippen molar-refractivity contribution in [1.82, 2.24) is 4.31 Å². The second kappa shape index (κ2) is 8.79. The molecule has 1 aliphatic heterocycles. The number of halogens is 2. The molecule has 1 saturated heterocycles. The molecule has 0 radical (unpaired) electrons. The highest BCUT2D eigenvalue weighted by Crippen LogP contribution is 2.26. The van der Waals surface area contributed by atoms with Crippen LogP contribution in [0.3, 0.4) is 0 Å². The zero-order valence-corrected chi connectivity index (χ0v) is 16.1. The Bertz CT molecular complexity index is 915. The van der Waals surface area contributed by atoms with Crippen molar-refractivity contribution >= 4 is 21.6 Å². The molecule has 1 unspecified atom stereocenters. The Hall–Kier alpha value is -2.32. The van der Waals surface area contributed by atoms with Gasteiger partial charge in [-0.25, -0.2) is 17.2 Å². The van der Waals surface area contributed by atoms with Gasteiger partial charge < -0.3 is 5.32 Å². The third kappa shape index (κ3) is 5.14. The lowest BCUT2D eigenvalue weighted by atomic mass is 9.94. The molecule has 1 amide bonds. The number of carbonyl (C=O) groups is 1. The summed E-state index contributed by atoms with van der Waals surface area (Å²) >= 11 is 0. The van der Waals surface area contributed by atoms with Crippen LogP contribution < -0.4 is 5.32 Å². The average Bonchev–Trinajstić information content (AvgIpc) is 2.69. The van der Waals surface area contributed by atoms with E-state index in [-0.39, 0.29) is 29.0 Å². The van der Waals surface area contributed by atoms with Crippen LogP contribution in [-0.4, -0.2) is 31.7 Å². The average molecular weight is 408 g/mol. The summed E-state index contributed by atoms with van der Waals surface area (Å²) < 4.78 is 52.9. The first-order chi connectivity index (χ1) is 13.3. The molecule has 0 aliphatic carbocycles. The first-order valence-electron chi connectivity index (χ1n) is 9.16. The van der Waals surface area contributed by atoms with Crippen LogP contribution in [0.2, 0.25) is 0 Å². The molecule has 0 saturated carbocycles. The number of amides is 1. The van der Waals surface area contributed by atoms with Crippen molar-refractivity contribution in [1.29, 1.82) is 0 Å². The van der Waals surface area contributed by atoms with E-state index in [2.05, 4.69) is 5.32 Å². The predicted octanol–water partition coefficient (Wildman–Crippen LogP) is 3.78. The van der Waals surface area contributed by atoms with E-state index >= 15 is 0 Å². The maximum Gasteiger partial charge on any atom is 0.243 e. The molecule has 2 aromatic rings. The molecular weight excluding hydrogens is 386 g/mol. The fraction of sp³-hybridized carbons (Fsp3) is 0.350. The smallest absolute Gasteiger partial charge is 0.243 e. The lowest BCUT2D eigenvalue weighted by molar-refractivity contribution is -0.116. The Morgan fingerprint density at radius 1 is 1.04 bits per heavy atom. The highest BCUT2D eigenvalue weighted by Gasteiger charge is 2.30. The Labute approximate surface area is 163 Å². The summed E-state index contributed by atoms with van der Waals surface area (Å²) in [6, 6.07) is 10.3. The van der Waals surface area contributed by atoms with Crippen LogP contribution in [0.15, 0.2) is 53.4 Å². The lowest BCUT2D eigenvalue weighted by Gasteiger charge is -2.31. The summed E-state index contributed by atoms with van der Waals surface area (Å²) in [5.74, 6) is -0.974. The van der Waals surface area contributed by atoms with E-state index < -0.39 is 15.8 Å². The molecule has 1 aliphatic rings. The fourth-order valence-electron chi connectivity index (χ4n) is 3.33. The van der Waals surface area contributed by atoms with Gasteiger partial charge in [-0.1, -0.05) is 0 Å². The van der Waals surface area contributed by atoms with E-state index in [1.807, 2.05) is 0 Å². The topological polar surface area (TPSA) is 66.5 Å². The largest absolute Gasteiger partial charge is 0.326 e. The van der Waals surface area contributed by atoms with Gasteiger partial charge in [0.1, 0.15) is 11.6 Å². The molecule has 1 heterocycles. The molecular formula is C20H22F2N2O3S. The number of hydrogen-bond donors (Lipinski definition) is 1. The lowest BCUT2D eigenvalue weighted by Crippen LogP contribution is -2.40. The van der Waals surface area contributed by atoms with Crippen molar-refractivity contribution < 1.29 is 22.0 Å². The summed E-state index contributed by atoms with van der Waals surface area (Å²) in [6.45, 7) is 0.752. The first-order valence-corrected chi connectivity index (χ1v) is 10.6. The van der Waals surface area contributed by atoms with Gasteiger partial charge in [-0.05, 0) is 73.7 Å². The van der Waals surface area contributed by atoms with Crippen LogP contribution >= 0.6 is 0 Å². The number of nitrogens with zero attached hydrogens (tertiary/aromatic N) is 1. The van der Waals surface area contributed by atoms with Crippen LogP contribution in [0.25, 0.3) is 0 Å². The van der Waals surface area contributed by atoms with E-state index in [4.69, 9.17) is 0 Å². The Kier molecular flexibility index (Phi) is 6.41. The van der Waals surface area contributed by atoms with E-state index in [1.54, 1.807) is 0 Å². The van der Waals surface area contributed by atoms with E-state index in [1.165, 1.54) is 40.7 Å². The SMILES string of the molecule is O=C(CCC1CCCN(S(=O)(=O)c2ccc(F)cc2)C1)Nc1ccc(F)cc1. The highest BCUT2D eigenvalue weighted by molar-refractivity contribution is 7.89. The summed E-state index contributed by atoms with van der Waals surface area (Å²) in [5, 5.41) is 2.71. The second-order valence-electron chi connectivity index (χ2n) is 6.92. The molecule has 28 heavy (non-hydrogen) atoms. The third-order valence-corrected chi connectivity index (χ3v) is 6.72. The van der Waals surface area contributed by atoms with Gasteiger partial charge in [0.15, 0.2) is 0 Å². The van der Waals surface area contributed by atoms with Gasteiger partial charge in [0.25, 0.3) is 0 Å². The van der Waals surface area contributed by atoms with Gasteiger partial charge in [0.05, 0.1) is 4.90 Å². The van der Waals surface area contributed by atoms with Crippen molar-refractivity contribution in [2.45, 2.75) is 30.6 Å². The van der Waals surface area contributed by atoms with E-state index in [0.717, 1.165) is 18.6 Å². The van der Waals surface area contributed by atoms with Gasteiger partial charge in [0, 0.05) is 25.2 Å². The molecule has 2 aromatic carbocycles. The van der Waals surface area contributed by atoms with Gasteiger partial charge in [-0.3, -0.25) is 4.79 Å². The van der Waals surface area contributed by atoms with Gasteiger partial charge in [-0.15, -0.1) is 0 Å². The van der Waals surface area contributed by atoms with Gasteiger partial charge in [0.2, 0.25) is 15.9 Å². The minimum atomic E-state index is -3.67. The van der Waals surface area contributed by atoms with E-state index in [0.29, 0.717) is 31.6 Å². The highest BCUT2D eigenvalue weighted by atomic mass is 32.2. The van der Waals surface area contributed by atoms with E-state index in [9.17, 15) is 22.0 Å². The van der Waals surface area contributed by atoms with Crippen LogP contribution in [0.1, 0.15) is 25.7 Å². The Balaban J connectivity index is 1.55. The Morgan fingerprint density at radius 2 is 1.64 bits per heavy atom. The molecule has 8 heteroatoms. The summed E-state index contributed by atoms with van der Waals surface area (Å²) in [5.41, 5.74) is 0.524. The predicted molar refractivity (Wildman–Crippen MR) is 102 cm³/mol. The molecule has 1 N–H and O–H groups in total. The van der Waals surface area contributed by atoms with Gasteiger partial charge >= 0.3 is 0 Å². The minimum absolute atomic E-state index is 0.0722. The van der Waals surface area contributed by atoms with Crippen LogP contribution in [-0.2, 0) is 14.8 Å². The standard InChI is InChI=1S/C20H22F2N2O3S/c21-16-4-8-18(9-5-16)23-20(25)12-3-15-2-1-13-24(14-15)28(26,27)19-10-6-17(22)7-11-19/h4-11,15H,1-3,12-14H2,(H,23,25). The molecule has 0 bridgehead atoms. The quantitative estimate of drug-likeness (QED) is 0.791. The normalized spacial score (nSPS) is 18.0. The number of piperidine rings is 1. The summed E-state index contributed by atoms with van der Waals surface area (Å²) in [4.78, 5) is 12.2. The number of sulfonamides is 1. The summed E-state index contributed by atoms with van der Waals surface area (Å²) in [7, 11) is -3.67. The van der Waals surface area contributed by atoms with Crippen molar-refractivity contribution in [3.05, 3.63) is 60.2 Å². The van der Waals surface area contributed by atoms with Crippen molar-refractivity contribution in [3.8, 4) is 0 Å². The van der Waals surface area contributed by atoms with Crippen LogP contribution in [0.5, 0.6) is 0 Å². The molecule has 1 atom stereocenters. The zero-order chi connectivity index (χ0) is 20.1. The molecule has 0 spiro atoms. The zero-order valence-electron chi connectivity index (χ0n) is 15.3. The molecule has 0 aromatic heterocycles. The third-order valence-electron chi connectivity index (χ3n) is 4.84.